The number of aryl methyl sites for hydroxylation is 1. The Bertz CT molecular complexity index is 992. The van der Waals surface area contributed by atoms with Gasteiger partial charge < -0.3 is 4.74 Å². The second-order valence-corrected chi connectivity index (χ2v) is 6.88. The van der Waals surface area contributed by atoms with Crippen LogP contribution >= 0.6 is 0 Å². The topological polar surface area (TPSA) is 46.6 Å². The van der Waals surface area contributed by atoms with E-state index < -0.39 is 0 Å². The van der Waals surface area contributed by atoms with Gasteiger partial charge in [0, 0.05) is 12.1 Å². The van der Waals surface area contributed by atoms with Crippen LogP contribution in [0.5, 0.6) is 5.75 Å². The molecule has 4 heteroatoms. The van der Waals surface area contributed by atoms with Gasteiger partial charge in [-0.1, -0.05) is 54.1 Å². The van der Waals surface area contributed by atoms with Crippen molar-refractivity contribution in [3.8, 4) is 16.9 Å². The lowest BCUT2D eigenvalue weighted by Gasteiger charge is -2.16. The molecule has 0 bridgehead atoms. The number of imide groups is 1. The third-order valence-electron chi connectivity index (χ3n) is 4.88. The van der Waals surface area contributed by atoms with Crippen LogP contribution in [0.2, 0.25) is 0 Å². The zero-order valence-corrected chi connectivity index (χ0v) is 15.7. The monoisotopic (exact) mass is 371 g/mol. The minimum atomic E-state index is -0.221. The summed E-state index contributed by atoms with van der Waals surface area (Å²) in [7, 11) is 0. The molecule has 0 aliphatic carbocycles. The van der Waals surface area contributed by atoms with Crippen LogP contribution in [0.15, 0.2) is 72.8 Å². The number of carbonyl (C=O) groups is 2. The van der Waals surface area contributed by atoms with Crippen molar-refractivity contribution in [3.63, 3.8) is 0 Å². The van der Waals surface area contributed by atoms with E-state index in [9.17, 15) is 9.59 Å². The van der Waals surface area contributed by atoms with Gasteiger partial charge >= 0.3 is 0 Å². The van der Waals surface area contributed by atoms with Gasteiger partial charge in [0.1, 0.15) is 5.75 Å². The lowest BCUT2D eigenvalue weighted by molar-refractivity contribution is 0.0647. The minimum Gasteiger partial charge on any atom is -0.493 e. The molecule has 2 amide bonds. The molecule has 1 aliphatic rings. The number of rotatable bonds is 6. The summed E-state index contributed by atoms with van der Waals surface area (Å²) in [6.45, 7) is 2.83. The van der Waals surface area contributed by atoms with Crippen LogP contribution in [-0.2, 0) is 0 Å². The fourth-order valence-corrected chi connectivity index (χ4v) is 3.46. The van der Waals surface area contributed by atoms with Crippen LogP contribution in [0.3, 0.4) is 0 Å². The Morgan fingerprint density at radius 3 is 2.11 bits per heavy atom. The normalized spacial score (nSPS) is 13.0. The highest BCUT2D eigenvalue weighted by molar-refractivity contribution is 6.21. The molecule has 0 atom stereocenters. The van der Waals surface area contributed by atoms with Gasteiger partial charge in [-0.05, 0) is 43.2 Å². The summed E-state index contributed by atoms with van der Waals surface area (Å²) in [6, 6.07) is 23.2. The molecule has 140 valence electrons. The first kappa shape index (κ1) is 18.0. The van der Waals surface area contributed by atoms with Crippen molar-refractivity contribution in [3.05, 3.63) is 89.5 Å². The quantitative estimate of drug-likeness (QED) is 0.465. The molecule has 0 N–H and O–H groups in total. The fraction of sp³-hybridized carbons (Fsp3) is 0.167. The molecule has 3 aromatic carbocycles. The van der Waals surface area contributed by atoms with Gasteiger partial charge in [0.2, 0.25) is 0 Å². The van der Waals surface area contributed by atoms with E-state index in [4.69, 9.17) is 4.74 Å². The number of hydrogen-bond acceptors (Lipinski definition) is 3. The van der Waals surface area contributed by atoms with E-state index in [1.807, 2.05) is 30.3 Å². The summed E-state index contributed by atoms with van der Waals surface area (Å²) < 4.78 is 6.00. The highest BCUT2D eigenvalue weighted by Gasteiger charge is 2.34. The van der Waals surface area contributed by atoms with Crippen molar-refractivity contribution in [1.82, 2.24) is 4.90 Å². The summed E-state index contributed by atoms with van der Waals surface area (Å²) in [5.41, 5.74) is 4.27. The van der Waals surface area contributed by atoms with Crippen LogP contribution in [0.1, 0.15) is 32.7 Å². The molecule has 0 fully saturated rings. The van der Waals surface area contributed by atoms with Crippen LogP contribution in [-0.4, -0.2) is 29.9 Å². The van der Waals surface area contributed by atoms with E-state index in [0.717, 1.165) is 22.4 Å². The lowest BCUT2D eigenvalue weighted by atomic mass is 10.0. The molecule has 28 heavy (non-hydrogen) atoms. The Balaban J connectivity index is 1.41. The van der Waals surface area contributed by atoms with Crippen molar-refractivity contribution in [2.75, 3.05) is 13.2 Å². The molecule has 0 saturated heterocycles. The number of hydrogen-bond donors (Lipinski definition) is 0. The Labute approximate surface area is 164 Å². The summed E-state index contributed by atoms with van der Waals surface area (Å²) in [5, 5.41) is 0. The molecule has 1 heterocycles. The first-order valence-electron chi connectivity index (χ1n) is 9.39. The summed E-state index contributed by atoms with van der Waals surface area (Å²) in [5.74, 6) is 0.362. The number of ether oxygens (including phenoxy) is 1. The number of amides is 2. The van der Waals surface area contributed by atoms with E-state index >= 15 is 0 Å². The summed E-state index contributed by atoms with van der Waals surface area (Å²) >= 11 is 0. The number of carbonyl (C=O) groups excluding carboxylic acids is 2. The zero-order chi connectivity index (χ0) is 19.5. The molecule has 3 aromatic rings. The Morgan fingerprint density at radius 1 is 0.786 bits per heavy atom. The number of benzene rings is 3. The summed E-state index contributed by atoms with van der Waals surface area (Å²) in [4.78, 5) is 26.1. The first-order chi connectivity index (χ1) is 13.6. The van der Waals surface area contributed by atoms with Crippen molar-refractivity contribution < 1.29 is 14.3 Å². The number of fused-ring (bicyclic) bond motifs is 1. The standard InChI is InChI=1S/C24H21NO3/c1-17-12-13-22(21(16-17)18-8-3-2-4-9-18)28-15-7-14-25-23(26)19-10-5-6-11-20(19)24(25)27/h2-6,8-13,16H,7,14-15H2,1H3. The Kier molecular flexibility index (Phi) is 4.94. The highest BCUT2D eigenvalue weighted by atomic mass is 16.5. The molecule has 4 nitrogen and oxygen atoms in total. The Morgan fingerprint density at radius 2 is 1.43 bits per heavy atom. The molecule has 1 aliphatic heterocycles. The molecule has 0 unspecified atom stereocenters. The lowest BCUT2D eigenvalue weighted by Crippen LogP contribution is -2.31. The van der Waals surface area contributed by atoms with Crippen molar-refractivity contribution in [2.24, 2.45) is 0 Å². The maximum Gasteiger partial charge on any atom is 0.261 e. The SMILES string of the molecule is Cc1ccc(OCCCN2C(=O)c3ccccc3C2=O)c(-c2ccccc2)c1. The van der Waals surface area contributed by atoms with Gasteiger partial charge in [0.05, 0.1) is 17.7 Å². The van der Waals surface area contributed by atoms with Crippen LogP contribution in [0.25, 0.3) is 11.1 Å². The maximum absolute atomic E-state index is 12.4. The third-order valence-corrected chi connectivity index (χ3v) is 4.88. The van der Waals surface area contributed by atoms with Crippen LogP contribution < -0.4 is 4.74 Å². The predicted octanol–water partition coefficient (Wildman–Crippen LogP) is 4.73. The van der Waals surface area contributed by atoms with Crippen molar-refractivity contribution in [1.29, 1.82) is 0 Å². The molecule has 0 aromatic heterocycles. The van der Waals surface area contributed by atoms with E-state index in [1.165, 1.54) is 4.90 Å². The van der Waals surface area contributed by atoms with E-state index in [2.05, 4.69) is 25.1 Å². The second kappa shape index (κ2) is 7.69. The van der Waals surface area contributed by atoms with Gasteiger partial charge in [-0.25, -0.2) is 0 Å². The molecule has 0 spiro atoms. The average Bonchev–Trinajstić information content (AvgIpc) is 2.97. The fourth-order valence-electron chi connectivity index (χ4n) is 3.46. The van der Waals surface area contributed by atoms with E-state index in [0.29, 0.717) is 30.7 Å². The zero-order valence-electron chi connectivity index (χ0n) is 15.7. The molecule has 4 rings (SSSR count). The average molecular weight is 371 g/mol. The molecular formula is C24H21NO3. The molecular weight excluding hydrogens is 350 g/mol. The largest absolute Gasteiger partial charge is 0.493 e. The first-order valence-corrected chi connectivity index (χ1v) is 9.39. The van der Waals surface area contributed by atoms with Gasteiger partial charge in [-0.15, -0.1) is 0 Å². The minimum absolute atomic E-state index is 0.221. The van der Waals surface area contributed by atoms with Gasteiger partial charge in [-0.3, -0.25) is 14.5 Å². The van der Waals surface area contributed by atoms with Crippen molar-refractivity contribution >= 4 is 11.8 Å². The second-order valence-electron chi connectivity index (χ2n) is 6.88. The van der Waals surface area contributed by atoms with E-state index in [1.54, 1.807) is 24.3 Å². The summed E-state index contributed by atoms with van der Waals surface area (Å²) in [6.07, 6.45) is 0.577. The Hall–Kier alpha value is -3.40. The maximum atomic E-state index is 12.4. The van der Waals surface area contributed by atoms with Gasteiger partial charge in [0.25, 0.3) is 11.8 Å². The number of nitrogens with zero attached hydrogens (tertiary/aromatic N) is 1. The highest BCUT2D eigenvalue weighted by Crippen LogP contribution is 2.31. The van der Waals surface area contributed by atoms with Crippen LogP contribution in [0, 0.1) is 6.92 Å². The molecule has 0 saturated carbocycles. The predicted molar refractivity (Wildman–Crippen MR) is 109 cm³/mol. The van der Waals surface area contributed by atoms with E-state index in [-0.39, 0.29) is 11.8 Å². The molecule has 0 radical (unpaired) electrons. The van der Waals surface area contributed by atoms with Gasteiger partial charge in [-0.2, -0.15) is 0 Å². The van der Waals surface area contributed by atoms with Gasteiger partial charge in [0.15, 0.2) is 0 Å². The van der Waals surface area contributed by atoms with Crippen LogP contribution in [0.4, 0.5) is 0 Å². The van der Waals surface area contributed by atoms with Crippen molar-refractivity contribution in [2.45, 2.75) is 13.3 Å². The smallest absolute Gasteiger partial charge is 0.261 e. The third kappa shape index (κ3) is 3.41.